The van der Waals surface area contributed by atoms with Gasteiger partial charge in [0.05, 0.1) is 11.8 Å². The largest absolute Gasteiger partial charge is 0.461 e. The highest BCUT2D eigenvalue weighted by Gasteiger charge is 2.28. The Morgan fingerprint density at radius 3 is 2.94 bits per heavy atom. The third-order valence-corrected chi connectivity index (χ3v) is 3.15. The molecule has 88 valence electrons. The Hall–Kier alpha value is -1.81. The zero-order valence-electron chi connectivity index (χ0n) is 9.31. The molecule has 0 saturated heterocycles. The first-order chi connectivity index (χ1) is 8.28. The lowest BCUT2D eigenvalue weighted by atomic mass is 9.87. The second-order valence-corrected chi connectivity index (χ2v) is 4.36. The fourth-order valence-electron chi connectivity index (χ4n) is 2.23. The first-order valence-electron chi connectivity index (χ1n) is 5.67. The van der Waals surface area contributed by atoms with E-state index in [0.29, 0.717) is 30.0 Å². The van der Waals surface area contributed by atoms with Crippen molar-refractivity contribution in [2.75, 3.05) is 6.54 Å². The quantitative estimate of drug-likeness (QED) is 0.860. The summed E-state index contributed by atoms with van der Waals surface area (Å²) in [5.41, 5.74) is 6.29. The fraction of sp³-hybridized carbons (Fsp3) is 0.308. The van der Waals surface area contributed by atoms with E-state index in [4.69, 9.17) is 14.6 Å². The lowest BCUT2D eigenvalue weighted by Crippen LogP contribution is -2.25. The molecule has 0 spiro atoms. The number of carbonyl (C=O) groups excluding carboxylic acids is 1. The number of hydrogen-bond acceptors (Lipinski definition) is 4. The molecule has 2 heterocycles. The van der Waals surface area contributed by atoms with Gasteiger partial charge in [-0.3, -0.25) is 4.79 Å². The highest BCUT2D eigenvalue weighted by Crippen LogP contribution is 2.32. The molecule has 2 aromatic heterocycles. The number of hydrogen-bond donors (Lipinski definition) is 1. The highest BCUT2D eigenvalue weighted by atomic mass is 16.4. The van der Waals surface area contributed by atoms with Crippen LogP contribution in [0.2, 0.25) is 0 Å². The van der Waals surface area contributed by atoms with Gasteiger partial charge in [0.1, 0.15) is 5.76 Å². The molecule has 0 radical (unpaired) electrons. The molecule has 4 nitrogen and oxygen atoms in total. The molecule has 2 aromatic rings. The lowest BCUT2D eigenvalue weighted by Gasteiger charge is -2.17. The summed E-state index contributed by atoms with van der Waals surface area (Å²) in [6.45, 7) is 0.516. The van der Waals surface area contributed by atoms with Crippen LogP contribution in [0.15, 0.2) is 33.3 Å². The van der Waals surface area contributed by atoms with Crippen LogP contribution in [0.25, 0.3) is 11.5 Å². The standard InChI is InChI=1S/C13H13NO3/c14-7-8-4-10(15)9-6-13(17-12(9)5-8)11-2-1-3-16-11/h1-3,6,8H,4-5,7,14H2. The summed E-state index contributed by atoms with van der Waals surface area (Å²) < 4.78 is 10.9. The van der Waals surface area contributed by atoms with Gasteiger partial charge in [-0.25, -0.2) is 0 Å². The molecule has 0 aromatic carbocycles. The third kappa shape index (κ3) is 1.70. The summed E-state index contributed by atoms with van der Waals surface area (Å²) in [4.78, 5) is 11.9. The minimum atomic E-state index is 0.114. The first-order valence-corrected chi connectivity index (χ1v) is 5.67. The van der Waals surface area contributed by atoms with E-state index in [2.05, 4.69) is 0 Å². The third-order valence-electron chi connectivity index (χ3n) is 3.15. The van der Waals surface area contributed by atoms with Gasteiger partial charge in [0.2, 0.25) is 0 Å². The van der Waals surface area contributed by atoms with Gasteiger partial charge in [-0.15, -0.1) is 0 Å². The van der Waals surface area contributed by atoms with Crippen molar-refractivity contribution in [1.29, 1.82) is 0 Å². The Kier molecular flexibility index (Phi) is 2.37. The fourth-order valence-corrected chi connectivity index (χ4v) is 2.23. The molecular weight excluding hydrogens is 218 g/mol. The molecule has 2 N–H and O–H groups in total. The van der Waals surface area contributed by atoms with Crippen LogP contribution in [0.1, 0.15) is 22.5 Å². The molecule has 1 unspecified atom stereocenters. The smallest absolute Gasteiger partial charge is 0.170 e. The number of furan rings is 2. The van der Waals surface area contributed by atoms with E-state index in [9.17, 15) is 4.79 Å². The molecule has 1 atom stereocenters. The van der Waals surface area contributed by atoms with E-state index >= 15 is 0 Å². The van der Waals surface area contributed by atoms with Gasteiger partial charge in [-0.05, 0) is 30.7 Å². The summed E-state index contributed by atoms with van der Waals surface area (Å²) in [5.74, 6) is 2.32. The van der Waals surface area contributed by atoms with Gasteiger partial charge >= 0.3 is 0 Å². The molecule has 17 heavy (non-hydrogen) atoms. The van der Waals surface area contributed by atoms with Crippen molar-refractivity contribution in [3.05, 3.63) is 35.8 Å². The maximum Gasteiger partial charge on any atom is 0.170 e. The van der Waals surface area contributed by atoms with E-state index in [1.165, 1.54) is 0 Å². The predicted octanol–water partition coefficient (Wildman–Crippen LogP) is 2.24. The number of Topliss-reactive ketones (excluding diaryl/α,β-unsaturated/α-hetero) is 1. The van der Waals surface area contributed by atoms with Crippen molar-refractivity contribution in [2.24, 2.45) is 11.7 Å². The van der Waals surface area contributed by atoms with Crippen molar-refractivity contribution in [2.45, 2.75) is 12.8 Å². The Balaban J connectivity index is 2.00. The number of carbonyl (C=O) groups is 1. The van der Waals surface area contributed by atoms with E-state index in [1.54, 1.807) is 18.4 Å². The molecule has 4 heteroatoms. The molecule has 3 rings (SSSR count). The molecule has 0 bridgehead atoms. The Morgan fingerprint density at radius 2 is 2.24 bits per heavy atom. The SMILES string of the molecule is NCC1CC(=O)c2cc(-c3ccco3)oc2C1. The minimum Gasteiger partial charge on any atom is -0.461 e. The maximum atomic E-state index is 11.9. The van der Waals surface area contributed by atoms with Crippen LogP contribution in [-0.2, 0) is 6.42 Å². The molecule has 0 amide bonds. The van der Waals surface area contributed by atoms with E-state index in [-0.39, 0.29) is 11.7 Å². The van der Waals surface area contributed by atoms with Crippen LogP contribution in [-0.4, -0.2) is 12.3 Å². The molecule has 0 saturated carbocycles. The van der Waals surface area contributed by atoms with Gasteiger partial charge in [0.25, 0.3) is 0 Å². The molecule has 1 aliphatic carbocycles. The summed E-state index contributed by atoms with van der Waals surface area (Å²) in [6, 6.07) is 5.37. The first kappa shape index (κ1) is 10.4. The summed E-state index contributed by atoms with van der Waals surface area (Å²) in [6.07, 6.45) is 2.83. The second kappa shape index (κ2) is 3.89. The predicted molar refractivity (Wildman–Crippen MR) is 61.6 cm³/mol. The Labute approximate surface area is 98.4 Å². The molecule has 0 fully saturated rings. The van der Waals surface area contributed by atoms with Crippen molar-refractivity contribution < 1.29 is 13.6 Å². The molecule has 1 aliphatic rings. The van der Waals surface area contributed by atoms with E-state index < -0.39 is 0 Å². The van der Waals surface area contributed by atoms with Crippen molar-refractivity contribution >= 4 is 5.78 Å². The highest BCUT2D eigenvalue weighted by molar-refractivity contribution is 5.99. The summed E-state index contributed by atoms with van der Waals surface area (Å²) >= 11 is 0. The maximum absolute atomic E-state index is 11.9. The topological polar surface area (TPSA) is 69.4 Å². The van der Waals surface area contributed by atoms with Crippen molar-refractivity contribution in [1.82, 2.24) is 0 Å². The normalized spacial score (nSPS) is 19.4. The number of nitrogens with two attached hydrogens (primary N) is 1. The van der Waals surface area contributed by atoms with Gasteiger partial charge in [-0.1, -0.05) is 0 Å². The second-order valence-electron chi connectivity index (χ2n) is 4.36. The summed E-state index contributed by atoms with van der Waals surface area (Å²) in [7, 11) is 0. The summed E-state index contributed by atoms with van der Waals surface area (Å²) in [5, 5.41) is 0. The van der Waals surface area contributed by atoms with Crippen LogP contribution in [0, 0.1) is 5.92 Å². The lowest BCUT2D eigenvalue weighted by molar-refractivity contribution is 0.0946. The monoisotopic (exact) mass is 231 g/mol. The van der Waals surface area contributed by atoms with Gasteiger partial charge in [-0.2, -0.15) is 0 Å². The zero-order valence-corrected chi connectivity index (χ0v) is 9.31. The van der Waals surface area contributed by atoms with E-state index in [0.717, 1.165) is 12.2 Å². The Bertz CT molecular complexity index is 539. The van der Waals surface area contributed by atoms with Crippen molar-refractivity contribution in [3.8, 4) is 11.5 Å². The van der Waals surface area contributed by atoms with Crippen LogP contribution < -0.4 is 5.73 Å². The van der Waals surface area contributed by atoms with Crippen LogP contribution in [0.3, 0.4) is 0 Å². The van der Waals surface area contributed by atoms with Gasteiger partial charge in [0.15, 0.2) is 17.3 Å². The average Bonchev–Trinajstić information content (AvgIpc) is 2.96. The number of ketones is 1. The van der Waals surface area contributed by atoms with Crippen LogP contribution in [0.5, 0.6) is 0 Å². The van der Waals surface area contributed by atoms with Crippen LogP contribution in [0.4, 0.5) is 0 Å². The minimum absolute atomic E-state index is 0.114. The number of rotatable bonds is 2. The molecular formula is C13H13NO3. The average molecular weight is 231 g/mol. The van der Waals surface area contributed by atoms with E-state index in [1.807, 2.05) is 6.07 Å². The zero-order chi connectivity index (χ0) is 11.8. The van der Waals surface area contributed by atoms with Crippen LogP contribution >= 0.6 is 0 Å². The van der Waals surface area contributed by atoms with Crippen molar-refractivity contribution in [3.63, 3.8) is 0 Å². The van der Waals surface area contributed by atoms with Gasteiger partial charge < -0.3 is 14.6 Å². The Morgan fingerprint density at radius 1 is 1.35 bits per heavy atom. The molecule has 0 aliphatic heterocycles. The van der Waals surface area contributed by atoms with Gasteiger partial charge in [0, 0.05) is 12.8 Å². The number of fused-ring (bicyclic) bond motifs is 1.